The van der Waals surface area contributed by atoms with Crippen molar-refractivity contribution in [2.45, 2.75) is 0 Å². The molecule has 0 aliphatic heterocycles. The van der Waals surface area contributed by atoms with Gasteiger partial charge in [-0.3, -0.25) is 10.4 Å². The maximum absolute atomic E-state index is 7.43. The Morgan fingerprint density at radius 2 is 2.14 bits per heavy atom. The number of aromatic nitrogens is 1. The Bertz CT molecular complexity index is 508. The van der Waals surface area contributed by atoms with Gasteiger partial charge in [-0.05, 0) is 17.5 Å². The Kier molecular flexibility index (Phi) is 2.09. The summed E-state index contributed by atoms with van der Waals surface area (Å²) in [5.74, 6) is -0.0215. The monoisotopic (exact) mass is 205 g/mol. The van der Waals surface area contributed by atoms with Crippen LogP contribution in [0.1, 0.15) is 5.56 Å². The fourth-order valence-electron chi connectivity index (χ4n) is 1.42. The second kappa shape index (κ2) is 3.27. The number of benzene rings is 1. The first-order valence-corrected chi connectivity index (χ1v) is 4.44. The highest BCUT2D eigenvalue weighted by molar-refractivity contribution is 6.35. The summed E-state index contributed by atoms with van der Waals surface area (Å²) in [6.07, 6.45) is 3.38. The number of hydrogen-bond donors (Lipinski definition) is 2. The lowest BCUT2D eigenvalue weighted by atomic mass is 10.1. The summed E-state index contributed by atoms with van der Waals surface area (Å²) < 4.78 is 0. The van der Waals surface area contributed by atoms with Gasteiger partial charge in [0.15, 0.2) is 0 Å². The third kappa shape index (κ3) is 1.32. The minimum absolute atomic E-state index is 0.0215. The van der Waals surface area contributed by atoms with Gasteiger partial charge in [0, 0.05) is 23.3 Å². The summed E-state index contributed by atoms with van der Waals surface area (Å²) in [5, 5.41) is 9.72. The quantitative estimate of drug-likeness (QED) is 0.554. The van der Waals surface area contributed by atoms with Crippen molar-refractivity contribution in [3.05, 3.63) is 41.2 Å². The predicted octanol–water partition coefficient (Wildman–Crippen LogP) is 2.17. The molecule has 0 aliphatic rings. The Hall–Kier alpha value is -1.61. The molecular weight excluding hydrogens is 198 g/mol. The van der Waals surface area contributed by atoms with Gasteiger partial charge < -0.3 is 5.73 Å². The molecule has 0 fully saturated rings. The van der Waals surface area contributed by atoms with Crippen LogP contribution in [0.3, 0.4) is 0 Å². The second-order valence-corrected chi connectivity index (χ2v) is 3.34. The van der Waals surface area contributed by atoms with Crippen molar-refractivity contribution in [3.63, 3.8) is 0 Å². The molecule has 0 aliphatic carbocycles. The van der Waals surface area contributed by atoms with Crippen LogP contribution in [0.4, 0.5) is 0 Å². The molecule has 2 aromatic rings. The molecule has 0 radical (unpaired) electrons. The molecule has 70 valence electrons. The molecule has 4 heteroatoms. The van der Waals surface area contributed by atoms with Gasteiger partial charge in [0.25, 0.3) is 0 Å². The molecule has 1 aromatic heterocycles. The summed E-state index contributed by atoms with van der Waals surface area (Å²) in [6, 6.07) is 5.39. The van der Waals surface area contributed by atoms with E-state index in [9.17, 15) is 0 Å². The average molecular weight is 206 g/mol. The van der Waals surface area contributed by atoms with Crippen molar-refractivity contribution in [1.82, 2.24) is 4.98 Å². The Morgan fingerprint density at radius 1 is 1.36 bits per heavy atom. The number of nitrogen functional groups attached to an aromatic ring is 1. The maximum atomic E-state index is 7.43. The Morgan fingerprint density at radius 3 is 2.86 bits per heavy atom. The van der Waals surface area contributed by atoms with Crippen LogP contribution in [0.2, 0.25) is 5.02 Å². The van der Waals surface area contributed by atoms with Crippen molar-refractivity contribution < 1.29 is 0 Å². The van der Waals surface area contributed by atoms with Crippen LogP contribution in [0.25, 0.3) is 10.8 Å². The first-order chi connectivity index (χ1) is 6.70. The molecule has 0 bridgehead atoms. The zero-order valence-electron chi connectivity index (χ0n) is 7.29. The number of halogens is 1. The van der Waals surface area contributed by atoms with Gasteiger partial charge in [-0.1, -0.05) is 17.7 Å². The second-order valence-electron chi connectivity index (χ2n) is 2.93. The van der Waals surface area contributed by atoms with Crippen LogP contribution in [-0.2, 0) is 0 Å². The van der Waals surface area contributed by atoms with Gasteiger partial charge in [0.2, 0.25) is 0 Å². The molecule has 2 rings (SSSR count). The highest BCUT2D eigenvalue weighted by Crippen LogP contribution is 2.24. The summed E-state index contributed by atoms with van der Waals surface area (Å²) in [4.78, 5) is 3.99. The standard InChI is InChI=1S/C10H8ClN3/c11-8-2-1-6-5-14-4-3-7(6)9(8)10(12)13/h1-5H,(H3,12,13). The van der Waals surface area contributed by atoms with E-state index in [0.717, 1.165) is 10.8 Å². The van der Waals surface area contributed by atoms with E-state index >= 15 is 0 Å². The minimum atomic E-state index is -0.0215. The van der Waals surface area contributed by atoms with E-state index in [4.69, 9.17) is 22.7 Å². The van der Waals surface area contributed by atoms with Crippen LogP contribution in [0.15, 0.2) is 30.6 Å². The van der Waals surface area contributed by atoms with E-state index in [1.54, 1.807) is 24.5 Å². The van der Waals surface area contributed by atoms with E-state index in [1.807, 2.05) is 6.07 Å². The predicted molar refractivity (Wildman–Crippen MR) is 57.8 cm³/mol. The van der Waals surface area contributed by atoms with E-state index in [1.165, 1.54) is 0 Å². The molecule has 1 aromatic carbocycles. The fraction of sp³-hybridized carbons (Fsp3) is 0. The Balaban J connectivity index is 2.90. The number of amidine groups is 1. The van der Waals surface area contributed by atoms with Gasteiger partial charge in [0.1, 0.15) is 5.84 Å². The highest BCUT2D eigenvalue weighted by Gasteiger charge is 2.07. The van der Waals surface area contributed by atoms with E-state index in [-0.39, 0.29) is 5.84 Å². The molecule has 14 heavy (non-hydrogen) atoms. The normalized spacial score (nSPS) is 10.4. The van der Waals surface area contributed by atoms with Gasteiger partial charge in [0.05, 0.1) is 5.02 Å². The summed E-state index contributed by atoms with van der Waals surface area (Å²) in [7, 11) is 0. The fourth-order valence-corrected chi connectivity index (χ4v) is 1.68. The van der Waals surface area contributed by atoms with E-state index < -0.39 is 0 Å². The number of nitrogens with zero attached hydrogens (tertiary/aromatic N) is 1. The van der Waals surface area contributed by atoms with Crippen molar-refractivity contribution in [3.8, 4) is 0 Å². The molecular formula is C10H8ClN3. The number of rotatable bonds is 1. The molecule has 0 unspecified atom stereocenters. The Labute approximate surface area is 86.0 Å². The lowest BCUT2D eigenvalue weighted by Gasteiger charge is -2.06. The van der Waals surface area contributed by atoms with Gasteiger partial charge >= 0.3 is 0 Å². The molecule has 1 heterocycles. The molecule has 0 saturated heterocycles. The smallest absolute Gasteiger partial charge is 0.124 e. The number of fused-ring (bicyclic) bond motifs is 1. The highest BCUT2D eigenvalue weighted by atomic mass is 35.5. The minimum Gasteiger partial charge on any atom is -0.384 e. The van der Waals surface area contributed by atoms with E-state index in [2.05, 4.69) is 4.98 Å². The van der Waals surface area contributed by atoms with Crippen LogP contribution >= 0.6 is 11.6 Å². The van der Waals surface area contributed by atoms with Crippen molar-refractivity contribution >= 4 is 28.2 Å². The third-order valence-corrected chi connectivity index (χ3v) is 2.35. The van der Waals surface area contributed by atoms with Crippen LogP contribution in [0, 0.1) is 5.41 Å². The average Bonchev–Trinajstić information content (AvgIpc) is 2.17. The summed E-state index contributed by atoms with van der Waals surface area (Å²) in [5.41, 5.74) is 6.03. The first kappa shape index (κ1) is 8.97. The molecule has 3 nitrogen and oxygen atoms in total. The van der Waals surface area contributed by atoms with Gasteiger partial charge in [-0.15, -0.1) is 0 Å². The lowest BCUT2D eigenvalue weighted by molar-refractivity contribution is 1.36. The SMILES string of the molecule is N=C(N)c1c(Cl)ccc2cnccc12. The zero-order valence-corrected chi connectivity index (χ0v) is 8.05. The number of nitrogens with two attached hydrogens (primary N) is 1. The summed E-state index contributed by atoms with van der Waals surface area (Å²) in [6.45, 7) is 0. The molecule has 0 saturated carbocycles. The van der Waals surface area contributed by atoms with Crippen LogP contribution in [-0.4, -0.2) is 10.8 Å². The number of nitrogens with one attached hydrogen (secondary N) is 1. The topological polar surface area (TPSA) is 62.8 Å². The van der Waals surface area contributed by atoms with Crippen molar-refractivity contribution in [2.24, 2.45) is 5.73 Å². The van der Waals surface area contributed by atoms with Crippen molar-refractivity contribution in [1.29, 1.82) is 5.41 Å². The summed E-state index contributed by atoms with van der Waals surface area (Å²) >= 11 is 5.96. The number of hydrogen-bond acceptors (Lipinski definition) is 2. The van der Waals surface area contributed by atoms with E-state index in [0.29, 0.717) is 10.6 Å². The maximum Gasteiger partial charge on any atom is 0.124 e. The largest absolute Gasteiger partial charge is 0.384 e. The van der Waals surface area contributed by atoms with Crippen LogP contribution < -0.4 is 5.73 Å². The van der Waals surface area contributed by atoms with Gasteiger partial charge in [-0.2, -0.15) is 0 Å². The van der Waals surface area contributed by atoms with Crippen LogP contribution in [0.5, 0.6) is 0 Å². The molecule has 0 amide bonds. The first-order valence-electron chi connectivity index (χ1n) is 4.07. The lowest BCUT2D eigenvalue weighted by Crippen LogP contribution is -2.12. The zero-order chi connectivity index (χ0) is 10.1. The molecule has 3 N–H and O–H groups in total. The number of pyridine rings is 1. The molecule has 0 spiro atoms. The third-order valence-electron chi connectivity index (χ3n) is 2.04. The van der Waals surface area contributed by atoms with Gasteiger partial charge in [-0.25, -0.2) is 0 Å². The van der Waals surface area contributed by atoms with Crippen molar-refractivity contribution in [2.75, 3.05) is 0 Å². The molecule has 0 atom stereocenters.